The molecule has 2 fully saturated rings. The zero-order chi connectivity index (χ0) is 26.6. The summed E-state index contributed by atoms with van der Waals surface area (Å²) in [6, 6.07) is 7.52. The number of hydrogen-bond donors (Lipinski definition) is 3. The van der Waals surface area contributed by atoms with Gasteiger partial charge in [0.1, 0.15) is 5.65 Å². The SMILES string of the molecule is CCC[C@H](C)Nc1ncc2c(C3CCN(C(=O)c4ccc(N)cc4)CC3)cn(CC3CCC(O)CC3)c2n1. The van der Waals surface area contributed by atoms with E-state index < -0.39 is 0 Å². The third kappa shape index (κ3) is 5.96. The Morgan fingerprint density at radius 3 is 2.53 bits per heavy atom. The van der Waals surface area contributed by atoms with Crippen molar-refractivity contribution >= 4 is 28.6 Å². The molecular formula is C30H42N6O2. The molecule has 1 saturated heterocycles. The number of likely N-dealkylation sites (tertiary alicyclic amines) is 1. The van der Waals surface area contributed by atoms with Gasteiger partial charge in [-0.2, -0.15) is 4.98 Å². The Morgan fingerprint density at radius 2 is 1.84 bits per heavy atom. The van der Waals surface area contributed by atoms with Crippen molar-refractivity contribution in [3.63, 3.8) is 0 Å². The van der Waals surface area contributed by atoms with Crippen LogP contribution in [0, 0.1) is 5.92 Å². The van der Waals surface area contributed by atoms with E-state index in [9.17, 15) is 9.90 Å². The van der Waals surface area contributed by atoms with E-state index in [1.165, 1.54) is 5.56 Å². The number of nitrogens with two attached hydrogens (primary N) is 1. The molecule has 38 heavy (non-hydrogen) atoms. The second-order valence-electron chi connectivity index (χ2n) is 11.4. The van der Waals surface area contributed by atoms with Crippen LogP contribution in [0.1, 0.15) is 87.1 Å². The molecule has 1 aromatic carbocycles. The largest absolute Gasteiger partial charge is 0.399 e. The first-order valence-electron chi connectivity index (χ1n) is 14.4. The van der Waals surface area contributed by atoms with Crippen molar-refractivity contribution in [1.82, 2.24) is 19.4 Å². The van der Waals surface area contributed by atoms with Gasteiger partial charge in [-0.15, -0.1) is 0 Å². The maximum Gasteiger partial charge on any atom is 0.253 e. The van der Waals surface area contributed by atoms with E-state index >= 15 is 0 Å². The number of rotatable bonds is 8. The molecule has 2 aromatic heterocycles. The van der Waals surface area contributed by atoms with E-state index in [0.29, 0.717) is 35.1 Å². The Hall–Kier alpha value is -3.13. The fraction of sp³-hybridized carbons (Fsp3) is 0.567. The number of nitrogens with zero attached hydrogens (tertiary/aromatic N) is 4. The molecule has 0 unspecified atom stereocenters. The first kappa shape index (κ1) is 26.5. The van der Waals surface area contributed by atoms with Gasteiger partial charge < -0.3 is 25.6 Å². The van der Waals surface area contributed by atoms with Crippen LogP contribution in [0.3, 0.4) is 0 Å². The average Bonchev–Trinajstić information content (AvgIpc) is 3.27. The summed E-state index contributed by atoms with van der Waals surface area (Å²) in [4.78, 5) is 24.7. The standard InChI is InChI=1S/C30H42N6O2/c1-3-4-20(2)33-30-32-17-26-27(19-36(28(26)34-30)18-21-5-11-25(37)12-6-21)22-13-15-35(16-14-22)29(38)23-7-9-24(31)10-8-23/h7-10,17,19-22,25,37H,3-6,11-16,18,31H2,1-2H3,(H,32,33,34)/t20-,21?,25?/m0/s1. The van der Waals surface area contributed by atoms with Crippen molar-refractivity contribution in [2.24, 2.45) is 5.92 Å². The molecule has 5 rings (SSSR count). The van der Waals surface area contributed by atoms with E-state index in [1.54, 1.807) is 12.1 Å². The molecule has 204 valence electrons. The third-order valence-corrected chi connectivity index (χ3v) is 8.39. The maximum atomic E-state index is 13.0. The highest BCUT2D eigenvalue weighted by molar-refractivity contribution is 5.94. The molecule has 0 radical (unpaired) electrons. The average molecular weight is 519 g/mol. The van der Waals surface area contributed by atoms with E-state index in [0.717, 1.165) is 82.0 Å². The number of anilines is 2. The van der Waals surface area contributed by atoms with Crippen LogP contribution < -0.4 is 11.1 Å². The van der Waals surface area contributed by atoms with Crippen LogP contribution in [0.2, 0.25) is 0 Å². The number of piperidine rings is 1. The molecule has 3 heterocycles. The second kappa shape index (κ2) is 11.7. The monoisotopic (exact) mass is 518 g/mol. The highest BCUT2D eigenvalue weighted by Crippen LogP contribution is 2.36. The number of carbonyl (C=O) groups excluding carboxylic acids is 1. The smallest absolute Gasteiger partial charge is 0.253 e. The van der Waals surface area contributed by atoms with Gasteiger partial charge in [0.15, 0.2) is 0 Å². The molecule has 0 bridgehead atoms. The molecular weight excluding hydrogens is 476 g/mol. The predicted octanol–water partition coefficient (Wildman–Crippen LogP) is 5.18. The number of aliphatic hydroxyl groups is 1. The summed E-state index contributed by atoms with van der Waals surface area (Å²) in [6.45, 7) is 6.74. The number of benzene rings is 1. The number of fused-ring (bicyclic) bond motifs is 1. The highest BCUT2D eigenvalue weighted by Gasteiger charge is 2.28. The van der Waals surface area contributed by atoms with Gasteiger partial charge in [0.25, 0.3) is 5.91 Å². The zero-order valence-corrected chi connectivity index (χ0v) is 22.8. The number of aromatic nitrogens is 3. The van der Waals surface area contributed by atoms with E-state index in [4.69, 9.17) is 15.7 Å². The minimum Gasteiger partial charge on any atom is -0.399 e. The summed E-state index contributed by atoms with van der Waals surface area (Å²) in [5, 5.41) is 14.6. The zero-order valence-electron chi connectivity index (χ0n) is 22.8. The molecule has 2 aliphatic rings. The van der Waals surface area contributed by atoms with Crippen LogP contribution >= 0.6 is 0 Å². The molecule has 1 aliphatic heterocycles. The van der Waals surface area contributed by atoms with Crippen LogP contribution in [0.15, 0.2) is 36.7 Å². The van der Waals surface area contributed by atoms with Crippen LogP contribution in [0.5, 0.6) is 0 Å². The lowest BCUT2D eigenvalue weighted by Gasteiger charge is -2.32. The van der Waals surface area contributed by atoms with Gasteiger partial charge in [0, 0.05) is 54.7 Å². The summed E-state index contributed by atoms with van der Waals surface area (Å²) in [7, 11) is 0. The topological polar surface area (TPSA) is 109 Å². The van der Waals surface area contributed by atoms with Gasteiger partial charge >= 0.3 is 0 Å². The van der Waals surface area contributed by atoms with Gasteiger partial charge in [0.2, 0.25) is 5.95 Å². The lowest BCUT2D eigenvalue weighted by Crippen LogP contribution is -2.37. The summed E-state index contributed by atoms with van der Waals surface area (Å²) in [5.74, 6) is 1.67. The Morgan fingerprint density at radius 1 is 1.13 bits per heavy atom. The third-order valence-electron chi connectivity index (χ3n) is 8.39. The first-order chi connectivity index (χ1) is 18.4. The van der Waals surface area contributed by atoms with Gasteiger partial charge in [-0.05, 0) is 93.5 Å². The molecule has 8 nitrogen and oxygen atoms in total. The summed E-state index contributed by atoms with van der Waals surface area (Å²) >= 11 is 0. The van der Waals surface area contributed by atoms with Gasteiger partial charge in [-0.25, -0.2) is 4.98 Å². The first-order valence-corrected chi connectivity index (χ1v) is 14.4. The molecule has 1 amide bonds. The minimum atomic E-state index is -0.150. The number of nitrogens with one attached hydrogen (secondary N) is 1. The number of nitrogen functional groups attached to an aromatic ring is 1. The number of hydrogen-bond acceptors (Lipinski definition) is 6. The maximum absolute atomic E-state index is 13.0. The summed E-state index contributed by atoms with van der Waals surface area (Å²) in [5.41, 5.74) is 9.44. The van der Waals surface area contributed by atoms with Gasteiger partial charge in [0.05, 0.1) is 6.10 Å². The Labute approximate surface area is 225 Å². The van der Waals surface area contributed by atoms with Crippen molar-refractivity contribution in [2.45, 2.75) is 89.8 Å². The van der Waals surface area contributed by atoms with Crippen molar-refractivity contribution < 1.29 is 9.90 Å². The fourth-order valence-corrected chi connectivity index (χ4v) is 6.16. The Kier molecular flexibility index (Phi) is 8.17. The van der Waals surface area contributed by atoms with Gasteiger partial charge in [-0.3, -0.25) is 4.79 Å². The predicted molar refractivity (Wildman–Crippen MR) is 152 cm³/mol. The van der Waals surface area contributed by atoms with E-state index in [2.05, 4.69) is 29.9 Å². The fourth-order valence-electron chi connectivity index (χ4n) is 6.16. The van der Waals surface area contributed by atoms with Crippen molar-refractivity contribution in [1.29, 1.82) is 0 Å². The minimum absolute atomic E-state index is 0.0746. The normalized spacial score (nSPS) is 21.5. The van der Waals surface area contributed by atoms with Crippen molar-refractivity contribution in [2.75, 3.05) is 24.1 Å². The molecule has 3 aromatic rings. The quantitative estimate of drug-likeness (QED) is 0.354. The number of aliphatic hydroxyl groups excluding tert-OH is 1. The number of carbonyl (C=O) groups is 1. The molecule has 8 heteroatoms. The van der Waals surface area contributed by atoms with Crippen LogP contribution in [0.25, 0.3) is 11.0 Å². The summed E-state index contributed by atoms with van der Waals surface area (Å²) < 4.78 is 2.33. The molecule has 0 spiro atoms. The highest BCUT2D eigenvalue weighted by atomic mass is 16.3. The van der Waals surface area contributed by atoms with E-state index in [-0.39, 0.29) is 12.0 Å². The Bertz CT molecular complexity index is 1220. The Balaban J connectivity index is 1.35. The lowest BCUT2D eigenvalue weighted by molar-refractivity contribution is 0.0713. The molecule has 4 N–H and O–H groups in total. The van der Waals surface area contributed by atoms with Crippen LogP contribution in [0.4, 0.5) is 11.6 Å². The lowest BCUT2D eigenvalue weighted by atomic mass is 9.87. The number of amides is 1. The van der Waals surface area contributed by atoms with Crippen LogP contribution in [-0.2, 0) is 6.54 Å². The van der Waals surface area contributed by atoms with E-state index in [1.807, 2.05) is 23.2 Å². The summed E-state index contributed by atoms with van der Waals surface area (Å²) in [6.07, 6.45) is 12.0. The molecule has 1 atom stereocenters. The van der Waals surface area contributed by atoms with Gasteiger partial charge in [-0.1, -0.05) is 13.3 Å². The van der Waals surface area contributed by atoms with Crippen molar-refractivity contribution in [3.8, 4) is 0 Å². The van der Waals surface area contributed by atoms with Crippen molar-refractivity contribution in [3.05, 3.63) is 47.8 Å². The second-order valence-corrected chi connectivity index (χ2v) is 11.4. The molecule has 1 saturated carbocycles. The van der Waals surface area contributed by atoms with Crippen LogP contribution in [-0.4, -0.2) is 55.7 Å². The molecule has 1 aliphatic carbocycles.